The number of halogens is 1. The van der Waals surface area contributed by atoms with Crippen molar-refractivity contribution in [2.24, 2.45) is 0 Å². The molecule has 2 aromatic rings. The number of carboxylic acid groups (broad SMARTS) is 1. The van der Waals surface area contributed by atoms with Crippen LogP contribution in [0.4, 0.5) is 0 Å². The Morgan fingerprint density at radius 3 is 2.24 bits per heavy atom. The van der Waals surface area contributed by atoms with Crippen molar-refractivity contribution in [3.05, 3.63) is 58.6 Å². The average Bonchev–Trinajstić information content (AvgIpc) is 2.47. The third-order valence-corrected chi connectivity index (χ3v) is 3.99. The zero-order valence-corrected chi connectivity index (χ0v) is 12.6. The van der Waals surface area contributed by atoms with E-state index in [1.807, 2.05) is 0 Å². The molecule has 2 aromatic carbocycles. The van der Waals surface area contributed by atoms with Crippen molar-refractivity contribution in [3.63, 3.8) is 0 Å². The van der Waals surface area contributed by atoms with Crippen molar-refractivity contribution in [2.75, 3.05) is 7.11 Å². The fraction of sp³-hybridized carbons (Fsp3) is 0.0667. The van der Waals surface area contributed by atoms with Gasteiger partial charge in [0.2, 0.25) is 0 Å². The van der Waals surface area contributed by atoms with Crippen molar-refractivity contribution < 1.29 is 19.4 Å². The number of esters is 1. The zero-order valence-electron chi connectivity index (χ0n) is 11.0. The molecule has 0 radical (unpaired) electrons. The molecule has 2 rings (SSSR count). The highest BCUT2D eigenvalue weighted by Crippen LogP contribution is 2.31. The predicted molar refractivity (Wildman–Crippen MR) is 80.3 cm³/mol. The number of ether oxygens (including phenoxy) is 1. The van der Waals surface area contributed by atoms with Crippen LogP contribution >= 0.6 is 23.4 Å². The van der Waals surface area contributed by atoms with Gasteiger partial charge in [-0.05, 0) is 42.5 Å². The first-order chi connectivity index (χ1) is 10.0. The van der Waals surface area contributed by atoms with Crippen LogP contribution in [-0.4, -0.2) is 24.2 Å². The highest BCUT2D eigenvalue weighted by atomic mass is 35.5. The van der Waals surface area contributed by atoms with Crippen LogP contribution in [0.15, 0.2) is 52.3 Å². The second kappa shape index (κ2) is 6.65. The molecule has 0 aliphatic carbocycles. The van der Waals surface area contributed by atoms with Gasteiger partial charge in [-0.3, -0.25) is 0 Å². The van der Waals surface area contributed by atoms with E-state index in [0.717, 1.165) is 9.79 Å². The van der Waals surface area contributed by atoms with Gasteiger partial charge in [0.15, 0.2) is 0 Å². The highest BCUT2D eigenvalue weighted by Gasteiger charge is 2.11. The predicted octanol–water partition coefficient (Wildman–Crippen LogP) is 3.98. The maximum absolute atomic E-state index is 11.4. The van der Waals surface area contributed by atoms with E-state index < -0.39 is 11.9 Å². The molecule has 0 spiro atoms. The van der Waals surface area contributed by atoms with Gasteiger partial charge >= 0.3 is 11.9 Å². The number of benzene rings is 2. The summed E-state index contributed by atoms with van der Waals surface area (Å²) in [6.07, 6.45) is 0. The molecule has 6 heteroatoms. The maximum atomic E-state index is 11.4. The van der Waals surface area contributed by atoms with Crippen LogP contribution in [0.1, 0.15) is 20.7 Å². The van der Waals surface area contributed by atoms with Crippen molar-refractivity contribution in [2.45, 2.75) is 9.79 Å². The molecule has 0 bridgehead atoms. The first-order valence-corrected chi connectivity index (χ1v) is 7.10. The minimum atomic E-state index is -0.961. The normalized spacial score (nSPS) is 10.2. The lowest BCUT2D eigenvalue weighted by Gasteiger charge is -2.06. The Bertz CT molecular complexity index is 683. The molecule has 0 aliphatic rings. The monoisotopic (exact) mass is 322 g/mol. The van der Waals surface area contributed by atoms with Crippen LogP contribution in [0, 0.1) is 0 Å². The van der Waals surface area contributed by atoms with Gasteiger partial charge in [0.1, 0.15) is 0 Å². The Morgan fingerprint density at radius 2 is 1.71 bits per heavy atom. The summed E-state index contributed by atoms with van der Waals surface area (Å²) in [5, 5.41) is 9.15. The lowest BCUT2D eigenvalue weighted by Crippen LogP contribution is -2.01. The van der Waals surface area contributed by atoms with Gasteiger partial charge < -0.3 is 9.84 Å². The third-order valence-electron chi connectivity index (χ3n) is 2.68. The molecule has 0 aliphatic heterocycles. The summed E-state index contributed by atoms with van der Waals surface area (Å²) >= 11 is 7.46. The van der Waals surface area contributed by atoms with Gasteiger partial charge in [0.25, 0.3) is 0 Å². The second-order valence-electron chi connectivity index (χ2n) is 4.06. The summed E-state index contributed by atoms with van der Waals surface area (Å²) in [5.41, 5.74) is 0.545. The Kier molecular flexibility index (Phi) is 4.88. The summed E-state index contributed by atoms with van der Waals surface area (Å²) in [5.74, 6) is -1.45. The van der Waals surface area contributed by atoms with Crippen LogP contribution in [0.2, 0.25) is 5.02 Å². The first-order valence-electron chi connectivity index (χ1n) is 5.90. The molecule has 0 fully saturated rings. The average molecular weight is 323 g/mol. The summed E-state index contributed by atoms with van der Waals surface area (Å²) in [7, 11) is 1.30. The summed E-state index contributed by atoms with van der Waals surface area (Å²) < 4.78 is 4.63. The first kappa shape index (κ1) is 15.4. The van der Waals surface area contributed by atoms with E-state index in [4.69, 9.17) is 16.7 Å². The lowest BCUT2D eigenvalue weighted by molar-refractivity contribution is 0.0600. The SMILES string of the molecule is COC(=O)c1ccc(Sc2ccc(C(=O)O)cc2)cc1Cl. The maximum Gasteiger partial charge on any atom is 0.339 e. The molecule has 21 heavy (non-hydrogen) atoms. The van der Waals surface area contributed by atoms with Crippen molar-refractivity contribution in [1.29, 1.82) is 0 Å². The number of methoxy groups -OCH3 is 1. The molecular formula is C15H11ClO4S. The van der Waals surface area contributed by atoms with E-state index in [1.165, 1.54) is 31.0 Å². The van der Waals surface area contributed by atoms with E-state index in [-0.39, 0.29) is 5.56 Å². The van der Waals surface area contributed by atoms with E-state index in [9.17, 15) is 9.59 Å². The van der Waals surface area contributed by atoms with Crippen LogP contribution in [0.5, 0.6) is 0 Å². The quantitative estimate of drug-likeness (QED) is 0.863. The van der Waals surface area contributed by atoms with E-state index in [1.54, 1.807) is 30.3 Å². The van der Waals surface area contributed by atoms with Gasteiger partial charge in [-0.1, -0.05) is 23.4 Å². The number of carbonyl (C=O) groups is 2. The lowest BCUT2D eigenvalue weighted by atomic mass is 10.2. The number of hydrogen-bond acceptors (Lipinski definition) is 4. The summed E-state index contributed by atoms with van der Waals surface area (Å²) in [6, 6.07) is 11.5. The Labute approximate surface area is 130 Å². The Morgan fingerprint density at radius 1 is 1.10 bits per heavy atom. The third kappa shape index (κ3) is 3.77. The van der Waals surface area contributed by atoms with Crippen LogP contribution in [0.25, 0.3) is 0 Å². The summed E-state index contributed by atoms with van der Waals surface area (Å²) in [6.45, 7) is 0. The fourth-order valence-corrected chi connectivity index (χ4v) is 2.82. The van der Waals surface area contributed by atoms with Gasteiger partial charge in [-0.25, -0.2) is 9.59 Å². The minimum absolute atomic E-state index is 0.235. The molecule has 0 saturated heterocycles. The van der Waals surface area contributed by atoms with Gasteiger partial charge in [0, 0.05) is 9.79 Å². The number of carboxylic acids is 1. The standard InChI is InChI=1S/C15H11ClO4S/c1-20-15(19)12-7-6-11(8-13(12)16)21-10-4-2-9(3-5-10)14(17)18/h2-8H,1H3,(H,17,18). The molecule has 1 N–H and O–H groups in total. The van der Waals surface area contributed by atoms with Crippen molar-refractivity contribution in [3.8, 4) is 0 Å². The molecule has 0 saturated carbocycles. The Balaban J connectivity index is 2.18. The minimum Gasteiger partial charge on any atom is -0.478 e. The molecular weight excluding hydrogens is 312 g/mol. The number of aromatic carboxylic acids is 1. The zero-order chi connectivity index (χ0) is 15.4. The molecule has 108 valence electrons. The largest absolute Gasteiger partial charge is 0.478 e. The van der Waals surface area contributed by atoms with Crippen molar-refractivity contribution >= 4 is 35.3 Å². The molecule has 0 amide bonds. The number of carbonyl (C=O) groups excluding carboxylic acids is 1. The number of hydrogen-bond donors (Lipinski definition) is 1. The molecule has 0 aromatic heterocycles. The topological polar surface area (TPSA) is 63.6 Å². The number of rotatable bonds is 4. The highest BCUT2D eigenvalue weighted by molar-refractivity contribution is 7.99. The molecule has 0 heterocycles. The van der Waals surface area contributed by atoms with E-state index in [0.29, 0.717) is 10.6 Å². The fourth-order valence-electron chi connectivity index (χ4n) is 1.64. The summed E-state index contributed by atoms with van der Waals surface area (Å²) in [4.78, 5) is 23.9. The molecule has 0 unspecified atom stereocenters. The van der Waals surface area contributed by atoms with Crippen LogP contribution < -0.4 is 0 Å². The van der Waals surface area contributed by atoms with Crippen LogP contribution in [-0.2, 0) is 4.74 Å². The van der Waals surface area contributed by atoms with E-state index >= 15 is 0 Å². The molecule has 4 nitrogen and oxygen atoms in total. The van der Waals surface area contributed by atoms with Gasteiger partial charge in [-0.2, -0.15) is 0 Å². The van der Waals surface area contributed by atoms with Crippen molar-refractivity contribution in [1.82, 2.24) is 0 Å². The van der Waals surface area contributed by atoms with Gasteiger partial charge in [-0.15, -0.1) is 0 Å². The molecule has 0 atom stereocenters. The Hall–Kier alpha value is -1.98. The second-order valence-corrected chi connectivity index (χ2v) is 5.62. The smallest absolute Gasteiger partial charge is 0.339 e. The van der Waals surface area contributed by atoms with Crippen LogP contribution in [0.3, 0.4) is 0 Å². The van der Waals surface area contributed by atoms with E-state index in [2.05, 4.69) is 4.74 Å². The van der Waals surface area contributed by atoms with Gasteiger partial charge in [0.05, 0.1) is 23.3 Å².